The molecule has 0 aliphatic carbocycles. The van der Waals surface area contributed by atoms with E-state index in [1.54, 1.807) is 21.8 Å². The number of benzene rings is 1. The van der Waals surface area contributed by atoms with E-state index in [1.807, 2.05) is 6.92 Å². The number of halogens is 2. The highest BCUT2D eigenvalue weighted by Crippen LogP contribution is 2.22. The van der Waals surface area contributed by atoms with Crippen LogP contribution < -0.4 is 10.6 Å². The fourth-order valence-electron chi connectivity index (χ4n) is 3.47. The minimum atomic E-state index is -0.798. The van der Waals surface area contributed by atoms with Crippen LogP contribution in [0.1, 0.15) is 36.7 Å². The largest absolute Gasteiger partial charge is 0.351 e. The molecule has 1 saturated heterocycles. The number of urea groups is 1. The van der Waals surface area contributed by atoms with Crippen molar-refractivity contribution in [2.75, 3.05) is 25.0 Å². The van der Waals surface area contributed by atoms with Gasteiger partial charge in [-0.1, -0.05) is 0 Å². The van der Waals surface area contributed by atoms with Crippen molar-refractivity contribution in [3.05, 3.63) is 47.8 Å². The molecule has 1 aliphatic heterocycles. The summed E-state index contributed by atoms with van der Waals surface area (Å²) in [7, 11) is 0. The summed E-state index contributed by atoms with van der Waals surface area (Å²) in [6.45, 7) is 4.23. The van der Waals surface area contributed by atoms with Crippen LogP contribution in [-0.2, 0) is 6.54 Å². The van der Waals surface area contributed by atoms with Gasteiger partial charge in [0.2, 0.25) is 0 Å². The van der Waals surface area contributed by atoms with Gasteiger partial charge in [-0.25, -0.2) is 13.6 Å². The van der Waals surface area contributed by atoms with Gasteiger partial charge >= 0.3 is 6.03 Å². The average molecular weight is 405 g/mol. The molecule has 0 radical (unpaired) electrons. The van der Waals surface area contributed by atoms with Crippen LogP contribution in [0.15, 0.2) is 30.5 Å². The highest BCUT2D eigenvalue weighted by molar-refractivity contribution is 5.92. The molecule has 0 spiro atoms. The van der Waals surface area contributed by atoms with Crippen LogP contribution in [-0.4, -0.2) is 46.3 Å². The van der Waals surface area contributed by atoms with Gasteiger partial charge < -0.3 is 15.5 Å². The number of hydrogen-bond acceptors (Lipinski definition) is 3. The van der Waals surface area contributed by atoms with Crippen LogP contribution in [0.2, 0.25) is 0 Å². The van der Waals surface area contributed by atoms with Crippen LogP contribution in [0.4, 0.5) is 19.3 Å². The summed E-state index contributed by atoms with van der Waals surface area (Å²) < 4.78 is 28.3. The van der Waals surface area contributed by atoms with Crippen molar-refractivity contribution < 1.29 is 18.4 Å². The normalized spacial score (nSPS) is 14.7. The molecule has 1 aromatic carbocycles. The summed E-state index contributed by atoms with van der Waals surface area (Å²) >= 11 is 0. The fraction of sp³-hybridized carbons (Fsp3) is 0.450. The van der Waals surface area contributed by atoms with E-state index in [0.29, 0.717) is 37.8 Å². The Balaban J connectivity index is 1.40. The van der Waals surface area contributed by atoms with Crippen molar-refractivity contribution in [3.8, 4) is 0 Å². The molecule has 2 heterocycles. The Morgan fingerprint density at radius 2 is 1.97 bits per heavy atom. The van der Waals surface area contributed by atoms with Gasteiger partial charge in [-0.15, -0.1) is 0 Å². The Kier molecular flexibility index (Phi) is 6.79. The smallest absolute Gasteiger partial charge is 0.321 e. The number of aryl methyl sites for hydroxylation is 1. The number of nitrogens with one attached hydrogen (secondary N) is 2. The first-order chi connectivity index (χ1) is 14.0. The van der Waals surface area contributed by atoms with Crippen molar-refractivity contribution in [1.29, 1.82) is 0 Å². The molecule has 0 bridgehead atoms. The molecule has 9 heteroatoms. The van der Waals surface area contributed by atoms with Crippen molar-refractivity contribution in [3.63, 3.8) is 0 Å². The number of carbonyl (C=O) groups excluding carboxylic acids is 2. The van der Waals surface area contributed by atoms with Gasteiger partial charge in [-0.2, -0.15) is 5.10 Å². The molecule has 1 aromatic heterocycles. The summed E-state index contributed by atoms with van der Waals surface area (Å²) in [6.07, 6.45) is 4.05. The molecule has 29 heavy (non-hydrogen) atoms. The second-order valence-corrected chi connectivity index (χ2v) is 7.06. The molecule has 1 fully saturated rings. The van der Waals surface area contributed by atoms with Crippen LogP contribution >= 0.6 is 0 Å². The molecular formula is C20H25F2N5O2. The van der Waals surface area contributed by atoms with Crippen LogP contribution in [0.25, 0.3) is 0 Å². The number of piperidine rings is 1. The second kappa shape index (κ2) is 9.49. The Labute approximate surface area is 168 Å². The zero-order valence-electron chi connectivity index (χ0n) is 16.3. The van der Waals surface area contributed by atoms with Gasteiger partial charge in [0.15, 0.2) is 0 Å². The number of carbonyl (C=O) groups is 2. The lowest BCUT2D eigenvalue weighted by molar-refractivity contribution is 0.0938. The van der Waals surface area contributed by atoms with E-state index in [0.717, 1.165) is 31.4 Å². The quantitative estimate of drug-likeness (QED) is 0.774. The topological polar surface area (TPSA) is 79.3 Å². The molecule has 0 unspecified atom stereocenters. The number of nitrogens with zero attached hydrogens (tertiary/aromatic N) is 3. The maximum Gasteiger partial charge on any atom is 0.321 e. The first-order valence-corrected chi connectivity index (χ1v) is 9.79. The van der Waals surface area contributed by atoms with Gasteiger partial charge in [-0.05, 0) is 50.3 Å². The van der Waals surface area contributed by atoms with Gasteiger partial charge in [-0.3, -0.25) is 9.48 Å². The van der Waals surface area contributed by atoms with E-state index < -0.39 is 17.7 Å². The number of aromatic nitrogens is 2. The molecule has 3 amide bonds. The molecule has 3 rings (SSSR count). The monoisotopic (exact) mass is 405 g/mol. The number of likely N-dealkylation sites (tertiary alicyclic amines) is 1. The lowest BCUT2D eigenvalue weighted by Gasteiger charge is -2.32. The van der Waals surface area contributed by atoms with Gasteiger partial charge in [0, 0.05) is 38.4 Å². The molecule has 2 aromatic rings. The summed E-state index contributed by atoms with van der Waals surface area (Å²) in [4.78, 5) is 26.1. The minimum absolute atomic E-state index is 0.0347. The summed E-state index contributed by atoms with van der Waals surface area (Å²) in [5, 5.41) is 9.49. The zero-order valence-corrected chi connectivity index (χ0v) is 16.3. The number of anilines is 1. The fourth-order valence-corrected chi connectivity index (χ4v) is 3.47. The highest BCUT2D eigenvalue weighted by Gasteiger charge is 2.23. The minimum Gasteiger partial charge on any atom is -0.351 e. The van der Waals surface area contributed by atoms with E-state index in [4.69, 9.17) is 0 Å². The predicted octanol–water partition coefficient (Wildman–Crippen LogP) is 3.25. The van der Waals surface area contributed by atoms with Crippen molar-refractivity contribution in [2.45, 2.75) is 32.7 Å². The van der Waals surface area contributed by atoms with Crippen LogP contribution in [0, 0.1) is 17.6 Å². The van der Waals surface area contributed by atoms with Gasteiger partial charge in [0.05, 0.1) is 5.69 Å². The van der Waals surface area contributed by atoms with Crippen LogP contribution in [0.5, 0.6) is 0 Å². The third-order valence-electron chi connectivity index (χ3n) is 5.16. The number of amides is 3. The zero-order chi connectivity index (χ0) is 20.8. The summed E-state index contributed by atoms with van der Waals surface area (Å²) in [5.74, 6) is -1.22. The van der Waals surface area contributed by atoms with E-state index in [1.165, 1.54) is 6.07 Å². The first-order valence-electron chi connectivity index (χ1n) is 9.79. The van der Waals surface area contributed by atoms with Crippen molar-refractivity contribution >= 4 is 17.6 Å². The standard InChI is InChI=1S/C20H25F2N5O2/c1-2-27-18(6-10-24-27)19(28)23-9-5-14-7-11-26(12-8-14)20(29)25-17-4-3-15(21)13-16(17)22/h3-4,6,10,13-14H,2,5,7-9,11-12H2,1H3,(H,23,28)(H,25,29). The summed E-state index contributed by atoms with van der Waals surface area (Å²) in [6, 6.07) is 4.36. The van der Waals surface area contributed by atoms with Gasteiger partial charge in [0.25, 0.3) is 5.91 Å². The molecule has 1 aliphatic rings. The molecule has 156 valence electrons. The Hall–Kier alpha value is -2.97. The second-order valence-electron chi connectivity index (χ2n) is 7.06. The van der Waals surface area contributed by atoms with Crippen molar-refractivity contribution in [2.24, 2.45) is 5.92 Å². The third kappa shape index (κ3) is 5.30. The maximum absolute atomic E-state index is 13.7. The molecular weight excluding hydrogens is 380 g/mol. The average Bonchev–Trinajstić information content (AvgIpc) is 3.19. The lowest BCUT2D eigenvalue weighted by atomic mass is 9.93. The van der Waals surface area contributed by atoms with Crippen molar-refractivity contribution in [1.82, 2.24) is 20.0 Å². The van der Waals surface area contributed by atoms with E-state index in [9.17, 15) is 18.4 Å². The maximum atomic E-state index is 13.7. The predicted molar refractivity (Wildman–Crippen MR) is 105 cm³/mol. The molecule has 0 atom stereocenters. The lowest BCUT2D eigenvalue weighted by Crippen LogP contribution is -2.41. The van der Waals surface area contributed by atoms with E-state index >= 15 is 0 Å². The highest BCUT2D eigenvalue weighted by atomic mass is 19.1. The molecule has 7 nitrogen and oxygen atoms in total. The van der Waals surface area contributed by atoms with E-state index in [2.05, 4.69) is 15.7 Å². The van der Waals surface area contributed by atoms with Gasteiger partial charge in [0.1, 0.15) is 17.3 Å². The molecule has 0 saturated carbocycles. The number of hydrogen-bond donors (Lipinski definition) is 2. The SMILES string of the molecule is CCn1nccc1C(=O)NCCC1CCN(C(=O)Nc2ccc(F)cc2F)CC1. The van der Waals surface area contributed by atoms with Crippen LogP contribution in [0.3, 0.4) is 0 Å². The third-order valence-corrected chi connectivity index (χ3v) is 5.16. The summed E-state index contributed by atoms with van der Waals surface area (Å²) in [5.41, 5.74) is 0.513. The Bertz CT molecular complexity index is 862. The van der Waals surface area contributed by atoms with E-state index in [-0.39, 0.29) is 11.6 Å². The number of rotatable bonds is 6. The Morgan fingerprint density at radius 3 is 2.66 bits per heavy atom. The first kappa shape index (κ1) is 20.8. The molecule has 2 N–H and O–H groups in total. The Morgan fingerprint density at radius 1 is 1.21 bits per heavy atom.